The highest BCUT2D eigenvalue weighted by atomic mass is 35.5. The molecule has 0 radical (unpaired) electrons. The molecule has 8 nitrogen and oxygen atoms in total. The number of anilines is 2. The molecule has 0 saturated carbocycles. The highest BCUT2D eigenvalue weighted by molar-refractivity contribution is 7.20. The molecule has 0 saturated heterocycles. The van der Waals surface area contributed by atoms with Crippen LogP contribution in [0.2, 0.25) is 5.02 Å². The van der Waals surface area contributed by atoms with E-state index in [2.05, 4.69) is 15.6 Å². The van der Waals surface area contributed by atoms with Crippen molar-refractivity contribution in [2.75, 3.05) is 17.7 Å². The molecule has 174 valence electrons. The molecule has 4 rings (SSSR count). The van der Waals surface area contributed by atoms with Gasteiger partial charge in [0.1, 0.15) is 17.1 Å². The number of amides is 2. The fourth-order valence-electron chi connectivity index (χ4n) is 3.50. The van der Waals surface area contributed by atoms with Crippen molar-refractivity contribution in [3.63, 3.8) is 0 Å². The standard InChI is InChI=1S/C24H21ClN4O4S/c1-13-6-4-5-7-16(13)28-22(31)21-14(2)20-23(34-21)26-12-29(24(20)32)11-19(30)27-17-10-15(25)8-9-18(17)33-3/h4-10,12H,11H2,1-3H3,(H,27,30)(H,28,31). The van der Waals surface area contributed by atoms with Gasteiger partial charge < -0.3 is 15.4 Å². The second kappa shape index (κ2) is 9.66. The Kier molecular flexibility index (Phi) is 6.67. The van der Waals surface area contributed by atoms with Crippen molar-refractivity contribution in [2.24, 2.45) is 0 Å². The van der Waals surface area contributed by atoms with Crippen molar-refractivity contribution in [3.8, 4) is 5.75 Å². The second-order valence-electron chi connectivity index (χ2n) is 7.58. The third kappa shape index (κ3) is 4.66. The lowest BCUT2D eigenvalue weighted by atomic mass is 10.2. The van der Waals surface area contributed by atoms with Crippen molar-refractivity contribution < 1.29 is 14.3 Å². The molecule has 2 amide bonds. The molecule has 0 aliphatic carbocycles. The number of carbonyl (C=O) groups is 2. The molecule has 2 aromatic heterocycles. The van der Waals surface area contributed by atoms with Crippen LogP contribution in [-0.4, -0.2) is 28.5 Å². The SMILES string of the molecule is COc1ccc(Cl)cc1NC(=O)Cn1cnc2sc(C(=O)Nc3ccccc3C)c(C)c2c1=O. The van der Waals surface area contributed by atoms with E-state index in [4.69, 9.17) is 16.3 Å². The molecule has 10 heteroatoms. The number of rotatable bonds is 6. The number of hydrogen-bond donors (Lipinski definition) is 2. The van der Waals surface area contributed by atoms with Crippen LogP contribution in [0.4, 0.5) is 11.4 Å². The summed E-state index contributed by atoms with van der Waals surface area (Å²) < 4.78 is 6.44. The molecule has 34 heavy (non-hydrogen) atoms. The Morgan fingerprint density at radius 3 is 2.62 bits per heavy atom. The average Bonchev–Trinajstić information content (AvgIpc) is 3.14. The van der Waals surface area contributed by atoms with Crippen LogP contribution in [0.1, 0.15) is 20.8 Å². The number of para-hydroxylation sites is 1. The van der Waals surface area contributed by atoms with Gasteiger partial charge in [-0.15, -0.1) is 11.3 Å². The zero-order valence-electron chi connectivity index (χ0n) is 18.6. The monoisotopic (exact) mass is 496 g/mol. The van der Waals surface area contributed by atoms with Crippen LogP contribution < -0.4 is 20.9 Å². The number of nitrogens with one attached hydrogen (secondary N) is 2. The van der Waals surface area contributed by atoms with Crippen LogP contribution in [-0.2, 0) is 11.3 Å². The maximum Gasteiger partial charge on any atom is 0.266 e. The molecule has 0 bridgehead atoms. The number of nitrogens with zero attached hydrogens (tertiary/aromatic N) is 2. The van der Waals surface area contributed by atoms with Crippen molar-refractivity contribution in [2.45, 2.75) is 20.4 Å². The molecule has 2 N–H and O–H groups in total. The number of aryl methyl sites for hydroxylation is 2. The minimum Gasteiger partial charge on any atom is -0.495 e. The summed E-state index contributed by atoms with van der Waals surface area (Å²) in [6, 6.07) is 12.3. The van der Waals surface area contributed by atoms with Gasteiger partial charge in [-0.25, -0.2) is 4.98 Å². The Labute approximate surface area is 204 Å². The zero-order valence-corrected chi connectivity index (χ0v) is 20.2. The van der Waals surface area contributed by atoms with Crippen molar-refractivity contribution in [3.05, 3.63) is 80.2 Å². The third-order valence-electron chi connectivity index (χ3n) is 5.27. The van der Waals surface area contributed by atoms with Gasteiger partial charge in [0.25, 0.3) is 11.5 Å². The molecule has 0 aliphatic heterocycles. The summed E-state index contributed by atoms with van der Waals surface area (Å²) in [4.78, 5) is 43.8. The zero-order chi connectivity index (χ0) is 24.4. The van der Waals surface area contributed by atoms with E-state index >= 15 is 0 Å². The van der Waals surface area contributed by atoms with Gasteiger partial charge in [0, 0.05) is 10.7 Å². The summed E-state index contributed by atoms with van der Waals surface area (Å²) in [5, 5.41) is 6.33. The lowest BCUT2D eigenvalue weighted by Crippen LogP contribution is -2.28. The molecule has 2 heterocycles. The Hall–Kier alpha value is -3.69. The molecule has 2 aromatic carbocycles. The fraction of sp³-hybridized carbons (Fsp3) is 0.167. The predicted octanol–water partition coefficient (Wildman–Crippen LogP) is 4.63. The summed E-state index contributed by atoms with van der Waals surface area (Å²) in [6.07, 6.45) is 1.30. The first kappa shape index (κ1) is 23.5. The Morgan fingerprint density at radius 2 is 1.88 bits per heavy atom. The minimum absolute atomic E-state index is 0.266. The largest absolute Gasteiger partial charge is 0.495 e. The Balaban J connectivity index is 1.59. The van der Waals surface area contributed by atoms with E-state index < -0.39 is 11.5 Å². The lowest BCUT2D eigenvalue weighted by Gasteiger charge is -2.11. The quantitative estimate of drug-likeness (QED) is 0.405. The number of fused-ring (bicyclic) bond motifs is 1. The number of ether oxygens (including phenoxy) is 1. The van der Waals surface area contributed by atoms with Gasteiger partial charge in [-0.2, -0.15) is 0 Å². The van der Waals surface area contributed by atoms with Crippen molar-refractivity contribution >= 4 is 56.3 Å². The van der Waals surface area contributed by atoms with E-state index in [-0.39, 0.29) is 12.5 Å². The highest BCUT2D eigenvalue weighted by Gasteiger charge is 2.21. The first-order valence-corrected chi connectivity index (χ1v) is 11.5. The van der Waals surface area contributed by atoms with Gasteiger partial charge in [-0.05, 0) is 49.2 Å². The number of benzene rings is 2. The van der Waals surface area contributed by atoms with Crippen molar-refractivity contribution in [1.29, 1.82) is 0 Å². The predicted molar refractivity (Wildman–Crippen MR) is 134 cm³/mol. The molecule has 0 aliphatic rings. The maximum atomic E-state index is 13.1. The number of hydrogen-bond acceptors (Lipinski definition) is 6. The van der Waals surface area contributed by atoms with Crippen LogP contribution in [0.3, 0.4) is 0 Å². The minimum atomic E-state index is -0.450. The van der Waals surface area contributed by atoms with Gasteiger partial charge >= 0.3 is 0 Å². The summed E-state index contributed by atoms with van der Waals surface area (Å²) in [5.41, 5.74) is 2.14. The van der Waals surface area contributed by atoms with E-state index in [1.807, 2.05) is 31.2 Å². The molecule has 0 spiro atoms. The van der Waals surface area contributed by atoms with Crippen molar-refractivity contribution in [1.82, 2.24) is 9.55 Å². The lowest BCUT2D eigenvalue weighted by molar-refractivity contribution is -0.116. The number of carbonyl (C=O) groups excluding carboxylic acids is 2. The maximum absolute atomic E-state index is 13.1. The summed E-state index contributed by atoms with van der Waals surface area (Å²) >= 11 is 7.15. The highest BCUT2D eigenvalue weighted by Crippen LogP contribution is 2.29. The summed E-state index contributed by atoms with van der Waals surface area (Å²) in [5.74, 6) is -0.322. The number of aromatic nitrogens is 2. The summed E-state index contributed by atoms with van der Waals surface area (Å²) in [6.45, 7) is 3.34. The van der Waals surface area contributed by atoms with Crippen LogP contribution in [0.25, 0.3) is 10.2 Å². The number of methoxy groups -OCH3 is 1. The van der Waals surface area contributed by atoms with E-state index in [0.29, 0.717) is 42.8 Å². The normalized spacial score (nSPS) is 10.8. The Morgan fingerprint density at radius 1 is 1.12 bits per heavy atom. The van der Waals surface area contributed by atoms with Crippen LogP contribution >= 0.6 is 22.9 Å². The van der Waals surface area contributed by atoms with E-state index in [0.717, 1.165) is 16.9 Å². The topological polar surface area (TPSA) is 102 Å². The van der Waals surface area contributed by atoms with Crippen LogP contribution in [0.5, 0.6) is 5.75 Å². The number of thiophene rings is 1. The van der Waals surface area contributed by atoms with Gasteiger partial charge in [0.15, 0.2) is 0 Å². The van der Waals surface area contributed by atoms with Gasteiger partial charge in [0.05, 0.1) is 29.4 Å². The van der Waals surface area contributed by atoms with E-state index in [1.165, 1.54) is 18.0 Å². The molecule has 0 fully saturated rings. The average molecular weight is 497 g/mol. The first-order chi connectivity index (χ1) is 16.3. The van der Waals surface area contributed by atoms with Crippen LogP contribution in [0, 0.1) is 13.8 Å². The van der Waals surface area contributed by atoms with E-state index in [1.54, 1.807) is 25.1 Å². The third-order valence-corrected chi connectivity index (χ3v) is 6.70. The van der Waals surface area contributed by atoms with E-state index in [9.17, 15) is 14.4 Å². The molecular weight excluding hydrogens is 476 g/mol. The molecular formula is C24H21ClN4O4S. The second-order valence-corrected chi connectivity index (χ2v) is 9.01. The Bertz CT molecular complexity index is 1480. The first-order valence-electron chi connectivity index (χ1n) is 10.3. The molecule has 4 aromatic rings. The summed E-state index contributed by atoms with van der Waals surface area (Å²) in [7, 11) is 1.48. The molecule has 0 unspecified atom stereocenters. The van der Waals surface area contributed by atoms with Gasteiger partial charge in [-0.1, -0.05) is 29.8 Å². The number of halogens is 1. The fourth-order valence-corrected chi connectivity index (χ4v) is 4.71. The smallest absolute Gasteiger partial charge is 0.266 e. The van der Waals surface area contributed by atoms with Crippen LogP contribution in [0.15, 0.2) is 53.6 Å². The van der Waals surface area contributed by atoms with Gasteiger partial charge in [-0.3, -0.25) is 19.0 Å². The van der Waals surface area contributed by atoms with Gasteiger partial charge in [0.2, 0.25) is 5.91 Å². The molecule has 0 atom stereocenters.